The minimum Gasteiger partial charge on any atom is -0.376 e. The summed E-state index contributed by atoms with van der Waals surface area (Å²) in [6.45, 7) is 4.99. The Balaban J connectivity index is 1.82. The van der Waals surface area contributed by atoms with E-state index in [9.17, 15) is 9.59 Å². The predicted molar refractivity (Wildman–Crippen MR) is 78.7 cm³/mol. The van der Waals surface area contributed by atoms with Crippen LogP contribution in [0.3, 0.4) is 0 Å². The maximum Gasteiger partial charge on any atom is 0.249 e. The fourth-order valence-corrected chi connectivity index (χ4v) is 3.84. The van der Waals surface area contributed by atoms with Gasteiger partial charge in [0.1, 0.15) is 11.1 Å². The van der Waals surface area contributed by atoms with Gasteiger partial charge in [0.05, 0.1) is 6.10 Å². The second-order valence-corrected chi connectivity index (χ2v) is 7.21. The minimum atomic E-state index is -0.786. The van der Waals surface area contributed by atoms with E-state index in [2.05, 4.69) is 5.32 Å². The lowest BCUT2D eigenvalue weighted by Crippen LogP contribution is -2.74. The molecule has 118 valence electrons. The summed E-state index contributed by atoms with van der Waals surface area (Å²) in [5.74, 6) is 0.0681. The van der Waals surface area contributed by atoms with E-state index in [1.807, 2.05) is 13.8 Å². The van der Waals surface area contributed by atoms with Crippen molar-refractivity contribution in [3.05, 3.63) is 0 Å². The van der Waals surface area contributed by atoms with Crippen LogP contribution < -0.4 is 5.32 Å². The summed E-state index contributed by atoms with van der Waals surface area (Å²) in [4.78, 5) is 27.4. The first-order valence-corrected chi connectivity index (χ1v) is 8.22. The molecule has 2 aliphatic heterocycles. The Labute approximate surface area is 126 Å². The summed E-state index contributed by atoms with van der Waals surface area (Å²) in [6.07, 6.45) is 6.87. The van der Waals surface area contributed by atoms with Gasteiger partial charge < -0.3 is 15.0 Å². The second-order valence-electron chi connectivity index (χ2n) is 7.21. The molecule has 1 saturated carbocycles. The molecule has 0 aromatic carbocycles. The molecule has 1 N–H and O–H groups in total. The van der Waals surface area contributed by atoms with E-state index in [4.69, 9.17) is 4.74 Å². The van der Waals surface area contributed by atoms with Crippen LogP contribution in [0, 0.1) is 0 Å². The number of ether oxygens (including phenoxy) is 1. The lowest BCUT2D eigenvalue weighted by molar-refractivity contribution is -0.164. The molecule has 2 saturated heterocycles. The minimum absolute atomic E-state index is 0.0280. The van der Waals surface area contributed by atoms with Crippen molar-refractivity contribution in [2.45, 2.75) is 76.0 Å². The third kappa shape index (κ3) is 2.45. The summed E-state index contributed by atoms with van der Waals surface area (Å²) in [5.41, 5.74) is -1.42. The van der Waals surface area contributed by atoms with Crippen LogP contribution in [0.2, 0.25) is 0 Å². The number of nitrogens with one attached hydrogen (secondary N) is 1. The van der Waals surface area contributed by atoms with Crippen LogP contribution in [0.5, 0.6) is 0 Å². The summed E-state index contributed by atoms with van der Waals surface area (Å²) in [6, 6.07) is 0. The summed E-state index contributed by atoms with van der Waals surface area (Å²) in [7, 11) is 0. The Morgan fingerprint density at radius 1 is 1.19 bits per heavy atom. The molecule has 2 heterocycles. The van der Waals surface area contributed by atoms with Crippen molar-refractivity contribution in [3.63, 3.8) is 0 Å². The fourth-order valence-electron chi connectivity index (χ4n) is 3.84. The third-order valence-corrected chi connectivity index (χ3v) is 5.36. The number of amides is 2. The first-order chi connectivity index (χ1) is 9.96. The molecular formula is C16H26N2O3. The van der Waals surface area contributed by atoms with Gasteiger partial charge in [0.25, 0.3) is 0 Å². The lowest BCUT2D eigenvalue weighted by Gasteiger charge is -2.49. The molecule has 0 aromatic rings. The summed E-state index contributed by atoms with van der Waals surface area (Å²) in [5, 5.41) is 3.03. The van der Waals surface area contributed by atoms with E-state index < -0.39 is 11.1 Å². The molecule has 3 fully saturated rings. The SMILES string of the molecule is CC1(C)C(=O)NC2(CCCC2)C(=O)N1CC1CCCCO1. The Bertz CT molecular complexity index is 435. The van der Waals surface area contributed by atoms with Crippen molar-refractivity contribution < 1.29 is 14.3 Å². The Hall–Kier alpha value is -1.10. The second kappa shape index (κ2) is 5.27. The lowest BCUT2D eigenvalue weighted by atomic mass is 9.85. The van der Waals surface area contributed by atoms with E-state index in [0.29, 0.717) is 6.54 Å². The van der Waals surface area contributed by atoms with Gasteiger partial charge in [-0.3, -0.25) is 9.59 Å². The third-order valence-electron chi connectivity index (χ3n) is 5.36. The molecule has 5 heteroatoms. The highest BCUT2D eigenvalue weighted by atomic mass is 16.5. The van der Waals surface area contributed by atoms with Gasteiger partial charge in [-0.1, -0.05) is 12.8 Å². The van der Waals surface area contributed by atoms with Gasteiger partial charge in [0, 0.05) is 13.2 Å². The molecule has 3 rings (SSSR count). The smallest absolute Gasteiger partial charge is 0.249 e. The van der Waals surface area contributed by atoms with E-state index in [1.54, 1.807) is 4.90 Å². The zero-order valence-corrected chi connectivity index (χ0v) is 13.1. The highest BCUT2D eigenvalue weighted by Crippen LogP contribution is 2.37. The number of piperazine rings is 1. The van der Waals surface area contributed by atoms with Gasteiger partial charge in [-0.2, -0.15) is 0 Å². The van der Waals surface area contributed by atoms with Gasteiger partial charge in [-0.15, -0.1) is 0 Å². The molecule has 1 unspecified atom stereocenters. The fraction of sp³-hybridized carbons (Fsp3) is 0.875. The zero-order chi connectivity index (χ0) is 15.1. The highest BCUT2D eigenvalue weighted by Gasteiger charge is 2.55. The Kier molecular flexibility index (Phi) is 3.72. The van der Waals surface area contributed by atoms with Crippen LogP contribution in [0.1, 0.15) is 58.8 Å². The standard InChI is InChI=1S/C16H26N2O3/c1-15(2)13(19)17-16(8-4-5-9-16)14(20)18(15)11-12-7-3-6-10-21-12/h12H,3-11H2,1-2H3,(H,17,19). The van der Waals surface area contributed by atoms with Crippen molar-refractivity contribution in [3.8, 4) is 0 Å². The molecule has 1 aliphatic carbocycles. The van der Waals surface area contributed by atoms with E-state index >= 15 is 0 Å². The molecule has 1 spiro atoms. The Morgan fingerprint density at radius 2 is 1.90 bits per heavy atom. The number of nitrogens with zero attached hydrogens (tertiary/aromatic N) is 1. The van der Waals surface area contributed by atoms with Crippen LogP contribution in [-0.2, 0) is 14.3 Å². The van der Waals surface area contributed by atoms with Crippen molar-refractivity contribution >= 4 is 11.8 Å². The molecule has 5 nitrogen and oxygen atoms in total. The molecule has 3 aliphatic rings. The average Bonchev–Trinajstić information content (AvgIpc) is 2.93. The van der Waals surface area contributed by atoms with Crippen LogP contribution in [0.25, 0.3) is 0 Å². The zero-order valence-electron chi connectivity index (χ0n) is 13.1. The van der Waals surface area contributed by atoms with Crippen molar-refractivity contribution in [2.75, 3.05) is 13.2 Å². The van der Waals surface area contributed by atoms with Crippen LogP contribution in [-0.4, -0.2) is 47.0 Å². The number of carbonyl (C=O) groups is 2. The van der Waals surface area contributed by atoms with Crippen molar-refractivity contribution in [2.24, 2.45) is 0 Å². The number of carbonyl (C=O) groups excluding carboxylic acids is 2. The molecule has 1 atom stereocenters. The van der Waals surface area contributed by atoms with E-state index in [0.717, 1.165) is 51.6 Å². The highest BCUT2D eigenvalue weighted by molar-refractivity contribution is 6.02. The number of hydrogen-bond acceptors (Lipinski definition) is 3. The Morgan fingerprint density at radius 3 is 2.52 bits per heavy atom. The molecule has 2 amide bonds. The molecule has 0 radical (unpaired) electrons. The van der Waals surface area contributed by atoms with Crippen LogP contribution in [0.4, 0.5) is 0 Å². The van der Waals surface area contributed by atoms with Crippen LogP contribution >= 0.6 is 0 Å². The maximum absolute atomic E-state index is 13.0. The normalized spacial score (nSPS) is 31.5. The van der Waals surface area contributed by atoms with Gasteiger partial charge in [0.2, 0.25) is 11.8 Å². The van der Waals surface area contributed by atoms with Crippen molar-refractivity contribution in [1.82, 2.24) is 10.2 Å². The number of hydrogen-bond donors (Lipinski definition) is 1. The number of rotatable bonds is 2. The van der Waals surface area contributed by atoms with Crippen LogP contribution in [0.15, 0.2) is 0 Å². The monoisotopic (exact) mass is 294 g/mol. The van der Waals surface area contributed by atoms with E-state index in [-0.39, 0.29) is 17.9 Å². The summed E-state index contributed by atoms with van der Waals surface area (Å²) >= 11 is 0. The topological polar surface area (TPSA) is 58.6 Å². The average molecular weight is 294 g/mol. The van der Waals surface area contributed by atoms with Gasteiger partial charge in [-0.25, -0.2) is 0 Å². The first kappa shape index (κ1) is 14.8. The summed E-state index contributed by atoms with van der Waals surface area (Å²) < 4.78 is 5.78. The first-order valence-electron chi connectivity index (χ1n) is 8.22. The maximum atomic E-state index is 13.0. The molecule has 0 bridgehead atoms. The van der Waals surface area contributed by atoms with Gasteiger partial charge >= 0.3 is 0 Å². The van der Waals surface area contributed by atoms with E-state index in [1.165, 1.54) is 0 Å². The van der Waals surface area contributed by atoms with Gasteiger partial charge in [-0.05, 0) is 46.0 Å². The molecule has 0 aromatic heterocycles. The molecular weight excluding hydrogens is 268 g/mol. The largest absolute Gasteiger partial charge is 0.376 e. The predicted octanol–water partition coefficient (Wildman–Crippen LogP) is 1.61. The van der Waals surface area contributed by atoms with Gasteiger partial charge in [0.15, 0.2) is 0 Å². The quantitative estimate of drug-likeness (QED) is 0.841. The van der Waals surface area contributed by atoms with Crippen molar-refractivity contribution in [1.29, 1.82) is 0 Å². The molecule has 21 heavy (non-hydrogen) atoms.